The second-order valence-corrected chi connectivity index (χ2v) is 8.08. The minimum absolute atomic E-state index is 0.249. The predicted molar refractivity (Wildman–Crippen MR) is 102 cm³/mol. The zero-order valence-corrected chi connectivity index (χ0v) is 15.6. The molecule has 0 spiro atoms. The molecule has 0 bridgehead atoms. The Morgan fingerprint density at radius 1 is 1.07 bits per heavy atom. The number of rotatable bonds is 5. The molecule has 0 unspecified atom stereocenters. The fraction of sp³-hybridized carbons (Fsp3) is 0.435. The van der Waals surface area contributed by atoms with Crippen LogP contribution >= 0.6 is 0 Å². The van der Waals surface area contributed by atoms with E-state index in [1.54, 1.807) is 13.0 Å². The van der Waals surface area contributed by atoms with Gasteiger partial charge in [-0.3, -0.25) is 4.79 Å². The molecule has 1 heterocycles. The largest absolute Gasteiger partial charge is 0.303 e. The number of halogens is 2. The number of ketones is 1. The molecule has 142 valence electrons. The smallest absolute Gasteiger partial charge is 0.159 e. The Hall–Kier alpha value is -2.07. The van der Waals surface area contributed by atoms with Gasteiger partial charge in [0.05, 0.1) is 5.41 Å². The highest BCUT2D eigenvalue weighted by atomic mass is 19.2. The van der Waals surface area contributed by atoms with Crippen molar-refractivity contribution in [2.45, 2.75) is 37.5 Å². The van der Waals surface area contributed by atoms with Crippen molar-refractivity contribution in [3.8, 4) is 0 Å². The van der Waals surface area contributed by atoms with Crippen LogP contribution in [-0.2, 0) is 10.2 Å². The number of hydrogen-bond donors (Lipinski definition) is 0. The topological polar surface area (TPSA) is 20.3 Å². The molecule has 1 saturated carbocycles. The van der Waals surface area contributed by atoms with E-state index >= 15 is 0 Å². The van der Waals surface area contributed by atoms with Crippen LogP contribution in [0.3, 0.4) is 0 Å². The first kappa shape index (κ1) is 18.3. The van der Waals surface area contributed by atoms with E-state index in [1.165, 1.54) is 12.1 Å². The number of nitrogens with zero attached hydrogens (tertiary/aromatic N) is 1. The molecule has 0 N–H and O–H groups in total. The van der Waals surface area contributed by atoms with E-state index in [2.05, 4.69) is 17.0 Å². The number of carbonyl (C=O) groups excluding carboxylic acids is 1. The van der Waals surface area contributed by atoms with E-state index in [1.807, 2.05) is 18.2 Å². The quantitative estimate of drug-likeness (QED) is 0.762. The summed E-state index contributed by atoms with van der Waals surface area (Å²) in [5.41, 5.74) is 1.67. The molecule has 0 amide bonds. The summed E-state index contributed by atoms with van der Waals surface area (Å²) in [5.74, 6) is -0.469. The summed E-state index contributed by atoms with van der Waals surface area (Å²) in [5, 5.41) is 0. The van der Waals surface area contributed by atoms with Crippen molar-refractivity contribution in [3.05, 3.63) is 71.3 Å². The van der Waals surface area contributed by atoms with Gasteiger partial charge >= 0.3 is 0 Å². The summed E-state index contributed by atoms with van der Waals surface area (Å²) < 4.78 is 26.6. The molecule has 4 heteroatoms. The zero-order valence-electron chi connectivity index (χ0n) is 15.6. The van der Waals surface area contributed by atoms with Crippen molar-refractivity contribution in [1.29, 1.82) is 0 Å². The van der Waals surface area contributed by atoms with Crippen molar-refractivity contribution >= 4 is 5.78 Å². The fourth-order valence-electron chi connectivity index (χ4n) is 4.65. The van der Waals surface area contributed by atoms with Crippen molar-refractivity contribution < 1.29 is 13.6 Å². The maximum atomic E-state index is 13.5. The van der Waals surface area contributed by atoms with Crippen molar-refractivity contribution in [2.24, 2.45) is 5.92 Å². The van der Waals surface area contributed by atoms with Gasteiger partial charge in [0.15, 0.2) is 11.6 Å². The van der Waals surface area contributed by atoms with Gasteiger partial charge in [-0.1, -0.05) is 36.4 Å². The SMILES string of the molecule is CC(=O)C1(c2ccccc2)CCN(C[C@@H]2C[C@@H]2c2ccc(F)c(F)c2)CC1. The van der Waals surface area contributed by atoms with Crippen molar-refractivity contribution in [3.63, 3.8) is 0 Å². The third kappa shape index (κ3) is 3.55. The van der Waals surface area contributed by atoms with Gasteiger partial charge < -0.3 is 4.90 Å². The Morgan fingerprint density at radius 3 is 2.41 bits per heavy atom. The van der Waals surface area contributed by atoms with Gasteiger partial charge in [0.2, 0.25) is 0 Å². The number of carbonyl (C=O) groups is 1. The Bertz CT molecular complexity index is 828. The molecule has 0 aromatic heterocycles. The van der Waals surface area contributed by atoms with Crippen LogP contribution in [0, 0.1) is 17.6 Å². The average molecular weight is 369 g/mol. The standard InChI is InChI=1S/C23H25F2NO/c1-16(27)23(19-5-3-2-4-6-19)9-11-26(12-10-23)15-18-13-20(18)17-7-8-21(24)22(25)14-17/h2-8,14,18,20H,9-13,15H2,1H3/t18-,20+/m0/s1. The van der Waals surface area contributed by atoms with E-state index < -0.39 is 11.6 Å². The van der Waals surface area contributed by atoms with Crippen LogP contribution in [0.2, 0.25) is 0 Å². The van der Waals surface area contributed by atoms with Crippen molar-refractivity contribution in [1.82, 2.24) is 4.90 Å². The van der Waals surface area contributed by atoms with Crippen LogP contribution < -0.4 is 0 Å². The Morgan fingerprint density at radius 2 is 1.78 bits per heavy atom. The van der Waals surface area contributed by atoms with Gasteiger partial charge in [-0.2, -0.15) is 0 Å². The molecule has 0 radical (unpaired) electrons. The molecular weight excluding hydrogens is 344 g/mol. The normalized spacial score (nSPS) is 24.6. The molecule has 2 atom stereocenters. The molecule has 4 rings (SSSR count). The first-order chi connectivity index (χ1) is 13.0. The molecule has 1 saturated heterocycles. The molecule has 2 aromatic rings. The molecule has 2 nitrogen and oxygen atoms in total. The van der Waals surface area contributed by atoms with Crippen LogP contribution in [0.15, 0.2) is 48.5 Å². The fourth-order valence-corrected chi connectivity index (χ4v) is 4.65. The molecule has 2 fully saturated rings. The highest BCUT2D eigenvalue weighted by Crippen LogP contribution is 2.48. The molecule has 1 aliphatic heterocycles. The maximum Gasteiger partial charge on any atom is 0.159 e. The maximum absolute atomic E-state index is 13.5. The van der Waals surface area contributed by atoms with Crippen molar-refractivity contribution in [2.75, 3.05) is 19.6 Å². The molecule has 2 aromatic carbocycles. The van der Waals surface area contributed by atoms with Crippen LogP contribution in [0.4, 0.5) is 8.78 Å². The van der Waals surface area contributed by atoms with E-state index in [-0.39, 0.29) is 11.2 Å². The molecule has 27 heavy (non-hydrogen) atoms. The Labute approximate surface area is 159 Å². The van der Waals surface area contributed by atoms with E-state index in [4.69, 9.17) is 0 Å². The van der Waals surface area contributed by atoms with Gasteiger partial charge in [0, 0.05) is 6.54 Å². The molecule has 2 aliphatic rings. The van der Waals surface area contributed by atoms with Gasteiger partial charge in [0.25, 0.3) is 0 Å². The second-order valence-electron chi connectivity index (χ2n) is 8.08. The number of likely N-dealkylation sites (tertiary alicyclic amines) is 1. The lowest BCUT2D eigenvalue weighted by molar-refractivity contribution is -0.124. The third-order valence-corrected chi connectivity index (χ3v) is 6.50. The minimum Gasteiger partial charge on any atom is -0.303 e. The van der Waals surface area contributed by atoms with Gasteiger partial charge in [-0.05, 0) is 74.4 Å². The van der Waals surface area contributed by atoms with Gasteiger partial charge in [0.1, 0.15) is 5.78 Å². The zero-order chi connectivity index (χ0) is 19.0. The Kier molecular flexibility index (Phi) is 4.85. The van der Waals surface area contributed by atoms with Crippen LogP contribution in [0.1, 0.15) is 43.2 Å². The van der Waals surface area contributed by atoms with E-state index in [9.17, 15) is 13.6 Å². The van der Waals surface area contributed by atoms with Crippen LogP contribution in [-0.4, -0.2) is 30.3 Å². The highest BCUT2D eigenvalue weighted by Gasteiger charge is 2.43. The molecular formula is C23H25F2NO. The predicted octanol–water partition coefficient (Wildman–Crippen LogP) is 4.69. The van der Waals surface area contributed by atoms with Gasteiger partial charge in [-0.25, -0.2) is 8.78 Å². The number of Topliss-reactive ketones (excluding diaryl/α,β-unsaturated/α-hetero) is 1. The minimum atomic E-state index is -0.784. The first-order valence-corrected chi connectivity index (χ1v) is 9.73. The third-order valence-electron chi connectivity index (χ3n) is 6.50. The summed E-state index contributed by atoms with van der Waals surface area (Å²) in [4.78, 5) is 14.9. The average Bonchev–Trinajstić information content (AvgIpc) is 3.44. The lowest BCUT2D eigenvalue weighted by atomic mass is 9.70. The van der Waals surface area contributed by atoms with Gasteiger partial charge in [-0.15, -0.1) is 0 Å². The number of hydrogen-bond acceptors (Lipinski definition) is 2. The number of benzene rings is 2. The molecule has 1 aliphatic carbocycles. The van der Waals surface area contributed by atoms with E-state index in [0.29, 0.717) is 11.8 Å². The first-order valence-electron chi connectivity index (χ1n) is 9.73. The highest BCUT2D eigenvalue weighted by molar-refractivity contribution is 5.88. The van der Waals surface area contributed by atoms with E-state index in [0.717, 1.165) is 50.0 Å². The summed E-state index contributed by atoms with van der Waals surface area (Å²) in [6.45, 7) is 4.47. The number of piperidine rings is 1. The summed E-state index contributed by atoms with van der Waals surface area (Å²) in [6, 6.07) is 14.4. The summed E-state index contributed by atoms with van der Waals surface area (Å²) >= 11 is 0. The van der Waals surface area contributed by atoms with Crippen LogP contribution in [0.25, 0.3) is 0 Å². The Balaban J connectivity index is 1.37. The second kappa shape index (κ2) is 7.16. The lowest BCUT2D eigenvalue weighted by Crippen LogP contribution is -2.47. The summed E-state index contributed by atoms with van der Waals surface area (Å²) in [7, 11) is 0. The van der Waals surface area contributed by atoms with Crippen LogP contribution in [0.5, 0.6) is 0 Å². The summed E-state index contributed by atoms with van der Waals surface area (Å²) in [6.07, 6.45) is 2.71. The lowest BCUT2D eigenvalue weighted by Gasteiger charge is -2.40. The monoisotopic (exact) mass is 369 g/mol.